The van der Waals surface area contributed by atoms with Gasteiger partial charge in [0.1, 0.15) is 0 Å². The predicted octanol–water partition coefficient (Wildman–Crippen LogP) is 5.29. The van der Waals surface area contributed by atoms with E-state index >= 15 is 0 Å². The van der Waals surface area contributed by atoms with Crippen molar-refractivity contribution in [3.05, 3.63) is 55.1 Å². The van der Waals surface area contributed by atoms with Gasteiger partial charge in [0.15, 0.2) is 0 Å². The molecule has 0 atom stereocenters. The fourth-order valence-electron chi connectivity index (χ4n) is 1.56. The van der Waals surface area contributed by atoms with Crippen molar-refractivity contribution in [1.29, 1.82) is 0 Å². The van der Waals surface area contributed by atoms with Crippen LogP contribution in [0, 0.1) is 6.92 Å². The minimum atomic E-state index is 0.688. The lowest BCUT2D eigenvalue weighted by molar-refractivity contribution is 1.04. The molecular formula is C13H11Br3N2. The molecule has 1 aromatic carbocycles. The zero-order valence-electron chi connectivity index (χ0n) is 9.67. The minimum Gasteiger partial charge on any atom is -0.378 e. The lowest BCUT2D eigenvalue weighted by atomic mass is 10.2. The number of nitrogens with one attached hydrogen (secondary N) is 1. The Morgan fingerprint density at radius 1 is 1.11 bits per heavy atom. The fourth-order valence-corrected chi connectivity index (χ4v) is 3.49. The Balaban J connectivity index is 2.13. The van der Waals surface area contributed by atoms with Crippen molar-refractivity contribution in [3.63, 3.8) is 0 Å². The molecule has 18 heavy (non-hydrogen) atoms. The first-order chi connectivity index (χ1) is 8.56. The molecule has 1 heterocycles. The second-order valence-electron chi connectivity index (χ2n) is 3.92. The largest absolute Gasteiger partial charge is 0.378 e. The molecule has 5 heteroatoms. The SMILES string of the molecule is Cc1cc(Br)c(NCc2ccc(Br)cn2)c(Br)c1. The Labute approximate surface area is 132 Å². The highest BCUT2D eigenvalue weighted by Crippen LogP contribution is 2.32. The van der Waals surface area contributed by atoms with Crippen LogP contribution in [0.3, 0.4) is 0 Å². The van der Waals surface area contributed by atoms with Gasteiger partial charge in [-0.1, -0.05) is 0 Å². The third kappa shape index (κ3) is 3.56. The third-order valence-electron chi connectivity index (χ3n) is 2.42. The topological polar surface area (TPSA) is 24.9 Å². The summed E-state index contributed by atoms with van der Waals surface area (Å²) in [7, 11) is 0. The van der Waals surface area contributed by atoms with Crippen LogP contribution in [0.1, 0.15) is 11.3 Å². The molecule has 0 bridgehead atoms. The monoisotopic (exact) mass is 432 g/mol. The molecule has 0 aliphatic rings. The van der Waals surface area contributed by atoms with E-state index in [1.807, 2.05) is 12.1 Å². The van der Waals surface area contributed by atoms with Crippen molar-refractivity contribution in [2.24, 2.45) is 0 Å². The smallest absolute Gasteiger partial charge is 0.0632 e. The van der Waals surface area contributed by atoms with E-state index in [0.29, 0.717) is 6.54 Å². The van der Waals surface area contributed by atoms with Gasteiger partial charge in [0, 0.05) is 19.6 Å². The van der Waals surface area contributed by atoms with Crippen molar-refractivity contribution >= 4 is 53.5 Å². The number of halogens is 3. The van der Waals surface area contributed by atoms with Crippen LogP contribution in [0.5, 0.6) is 0 Å². The van der Waals surface area contributed by atoms with Gasteiger partial charge in [0.05, 0.1) is 17.9 Å². The molecular weight excluding hydrogens is 424 g/mol. The Morgan fingerprint density at radius 3 is 2.33 bits per heavy atom. The summed E-state index contributed by atoms with van der Waals surface area (Å²) in [6.07, 6.45) is 1.80. The number of pyridine rings is 1. The minimum absolute atomic E-state index is 0.688. The van der Waals surface area contributed by atoms with Crippen molar-refractivity contribution in [2.75, 3.05) is 5.32 Å². The van der Waals surface area contributed by atoms with E-state index in [0.717, 1.165) is 24.8 Å². The molecule has 0 aliphatic carbocycles. The van der Waals surface area contributed by atoms with Crippen LogP contribution >= 0.6 is 47.8 Å². The van der Waals surface area contributed by atoms with Crippen LogP contribution in [0.25, 0.3) is 0 Å². The van der Waals surface area contributed by atoms with Gasteiger partial charge < -0.3 is 5.32 Å². The molecule has 1 aromatic heterocycles. The molecule has 0 radical (unpaired) electrons. The van der Waals surface area contributed by atoms with Crippen LogP contribution in [0.15, 0.2) is 43.9 Å². The molecule has 0 saturated heterocycles. The second-order valence-corrected chi connectivity index (χ2v) is 6.55. The van der Waals surface area contributed by atoms with Crippen LogP contribution in [0.4, 0.5) is 5.69 Å². The zero-order valence-corrected chi connectivity index (χ0v) is 14.4. The molecule has 0 aliphatic heterocycles. The lowest BCUT2D eigenvalue weighted by Crippen LogP contribution is -2.02. The number of hydrogen-bond acceptors (Lipinski definition) is 2. The van der Waals surface area contributed by atoms with E-state index in [-0.39, 0.29) is 0 Å². The fraction of sp³-hybridized carbons (Fsp3) is 0.154. The standard InChI is InChI=1S/C13H11Br3N2/c1-8-4-11(15)13(12(16)5-8)18-7-10-3-2-9(14)6-17-10/h2-6,18H,7H2,1H3. The van der Waals surface area contributed by atoms with Gasteiger partial charge in [0.25, 0.3) is 0 Å². The Kier molecular flexibility index (Phi) is 4.81. The first-order valence-electron chi connectivity index (χ1n) is 5.36. The summed E-state index contributed by atoms with van der Waals surface area (Å²) in [5.41, 5.74) is 3.25. The quantitative estimate of drug-likeness (QED) is 0.710. The summed E-state index contributed by atoms with van der Waals surface area (Å²) >= 11 is 10.5. The van der Waals surface area contributed by atoms with Crippen LogP contribution in [-0.2, 0) is 6.54 Å². The van der Waals surface area contributed by atoms with Gasteiger partial charge in [-0.15, -0.1) is 0 Å². The van der Waals surface area contributed by atoms with Gasteiger partial charge in [0.2, 0.25) is 0 Å². The highest BCUT2D eigenvalue weighted by atomic mass is 79.9. The summed E-state index contributed by atoms with van der Waals surface area (Å²) in [4.78, 5) is 4.33. The zero-order chi connectivity index (χ0) is 13.1. The molecule has 0 amide bonds. The van der Waals surface area contributed by atoms with E-state index in [4.69, 9.17) is 0 Å². The highest BCUT2D eigenvalue weighted by molar-refractivity contribution is 9.11. The van der Waals surface area contributed by atoms with E-state index in [1.54, 1.807) is 6.20 Å². The molecule has 0 saturated carbocycles. The summed E-state index contributed by atoms with van der Waals surface area (Å²) in [5, 5.41) is 3.37. The van der Waals surface area contributed by atoms with Crippen molar-refractivity contribution in [2.45, 2.75) is 13.5 Å². The summed E-state index contributed by atoms with van der Waals surface area (Å²) in [5.74, 6) is 0. The van der Waals surface area contributed by atoms with Crippen molar-refractivity contribution in [3.8, 4) is 0 Å². The number of aromatic nitrogens is 1. The van der Waals surface area contributed by atoms with Crippen LogP contribution in [-0.4, -0.2) is 4.98 Å². The van der Waals surface area contributed by atoms with E-state index in [2.05, 4.69) is 77.1 Å². The van der Waals surface area contributed by atoms with Gasteiger partial charge in [-0.25, -0.2) is 0 Å². The maximum Gasteiger partial charge on any atom is 0.0632 e. The molecule has 0 spiro atoms. The number of anilines is 1. The Hall–Kier alpha value is -0.390. The van der Waals surface area contributed by atoms with Gasteiger partial charge >= 0.3 is 0 Å². The highest BCUT2D eigenvalue weighted by Gasteiger charge is 2.06. The molecule has 2 aromatic rings. The Morgan fingerprint density at radius 2 is 1.78 bits per heavy atom. The summed E-state index contributed by atoms with van der Waals surface area (Å²) in [6.45, 7) is 2.75. The van der Waals surface area contributed by atoms with Crippen molar-refractivity contribution < 1.29 is 0 Å². The van der Waals surface area contributed by atoms with Crippen LogP contribution in [0.2, 0.25) is 0 Å². The molecule has 0 unspecified atom stereocenters. The average Bonchev–Trinajstić information content (AvgIpc) is 2.30. The second kappa shape index (κ2) is 6.17. The first-order valence-corrected chi connectivity index (χ1v) is 7.74. The van der Waals surface area contributed by atoms with Crippen LogP contribution < -0.4 is 5.32 Å². The number of nitrogens with zero attached hydrogens (tertiary/aromatic N) is 1. The van der Waals surface area contributed by atoms with E-state index in [9.17, 15) is 0 Å². The summed E-state index contributed by atoms with van der Waals surface area (Å²) < 4.78 is 3.09. The maximum absolute atomic E-state index is 4.33. The Bertz CT molecular complexity index is 530. The molecule has 1 N–H and O–H groups in total. The maximum atomic E-state index is 4.33. The number of rotatable bonds is 3. The normalized spacial score (nSPS) is 10.4. The van der Waals surface area contributed by atoms with Gasteiger partial charge in [-0.3, -0.25) is 4.98 Å². The molecule has 2 rings (SSSR count). The number of hydrogen-bond donors (Lipinski definition) is 1. The van der Waals surface area contributed by atoms with E-state index in [1.165, 1.54) is 5.56 Å². The molecule has 2 nitrogen and oxygen atoms in total. The number of aryl methyl sites for hydroxylation is 1. The molecule has 0 fully saturated rings. The van der Waals surface area contributed by atoms with E-state index < -0.39 is 0 Å². The van der Waals surface area contributed by atoms with Gasteiger partial charge in [-0.05, 0) is 84.5 Å². The average molecular weight is 435 g/mol. The lowest BCUT2D eigenvalue weighted by Gasteiger charge is -2.11. The number of benzene rings is 1. The summed E-state index contributed by atoms with van der Waals surface area (Å²) in [6, 6.07) is 8.15. The first kappa shape index (κ1) is 14.0. The van der Waals surface area contributed by atoms with Crippen molar-refractivity contribution in [1.82, 2.24) is 4.98 Å². The third-order valence-corrected chi connectivity index (χ3v) is 4.14. The van der Waals surface area contributed by atoms with Gasteiger partial charge in [-0.2, -0.15) is 0 Å². The predicted molar refractivity (Wildman–Crippen MR) is 85.8 cm³/mol. The molecule has 94 valence electrons.